The molecule has 1 aromatic heterocycles. The SMILES string of the molecule is COc1ccc(CN(C)C[C@H]2Oc3ccc(NS(=O)(=O)c4c(C)noc4C)cc3C(=O)N([C@@H](C)CO)C[C@@H]2C)cc1. The molecule has 0 fully saturated rings. The van der Waals surface area contributed by atoms with Crippen molar-refractivity contribution in [3.05, 3.63) is 65.0 Å². The van der Waals surface area contributed by atoms with E-state index >= 15 is 0 Å². The Morgan fingerprint density at radius 2 is 1.93 bits per heavy atom. The number of benzene rings is 2. The first-order chi connectivity index (χ1) is 19.4. The van der Waals surface area contributed by atoms with Crippen molar-refractivity contribution < 1.29 is 32.3 Å². The number of aliphatic hydroxyl groups excluding tert-OH is 1. The van der Waals surface area contributed by atoms with Crippen LogP contribution in [0.5, 0.6) is 11.5 Å². The zero-order valence-corrected chi connectivity index (χ0v) is 25.1. The Balaban J connectivity index is 1.62. The lowest BCUT2D eigenvalue weighted by atomic mass is 9.99. The van der Waals surface area contributed by atoms with Crippen molar-refractivity contribution in [2.45, 2.75) is 51.3 Å². The monoisotopic (exact) mass is 586 g/mol. The number of hydrogen-bond donors (Lipinski definition) is 2. The van der Waals surface area contributed by atoms with Gasteiger partial charge in [0.15, 0.2) is 10.7 Å². The minimum absolute atomic E-state index is 0.0452. The van der Waals surface area contributed by atoms with Gasteiger partial charge in [0.2, 0.25) is 0 Å². The van der Waals surface area contributed by atoms with Gasteiger partial charge in [-0.25, -0.2) is 8.42 Å². The van der Waals surface area contributed by atoms with Crippen molar-refractivity contribution in [3.8, 4) is 11.5 Å². The van der Waals surface area contributed by atoms with Gasteiger partial charge in [0.25, 0.3) is 15.9 Å². The Hall–Kier alpha value is -3.61. The van der Waals surface area contributed by atoms with Gasteiger partial charge in [-0.1, -0.05) is 24.2 Å². The Bertz CT molecular complexity index is 1450. The predicted molar refractivity (Wildman–Crippen MR) is 154 cm³/mol. The molecule has 2 heterocycles. The summed E-state index contributed by atoms with van der Waals surface area (Å²) < 4.78 is 45.5. The van der Waals surface area contributed by atoms with E-state index in [1.54, 1.807) is 38.0 Å². The molecular weight excluding hydrogens is 548 g/mol. The molecule has 41 heavy (non-hydrogen) atoms. The number of aromatic nitrogens is 1. The highest BCUT2D eigenvalue weighted by Crippen LogP contribution is 2.32. The summed E-state index contributed by atoms with van der Waals surface area (Å²) in [7, 11) is -0.383. The molecule has 1 amide bonds. The summed E-state index contributed by atoms with van der Waals surface area (Å²) in [4.78, 5) is 17.5. The number of likely N-dealkylation sites (N-methyl/N-ethyl adjacent to an activating group) is 1. The van der Waals surface area contributed by atoms with E-state index in [2.05, 4.69) is 14.8 Å². The minimum atomic E-state index is -4.02. The molecule has 0 bridgehead atoms. The number of rotatable bonds is 10. The molecule has 4 rings (SSSR count). The lowest BCUT2D eigenvalue weighted by molar-refractivity contribution is 0.0341. The van der Waals surface area contributed by atoms with Crippen molar-refractivity contribution in [1.29, 1.82) is 0 Å². The van der Waals surface area contributed by atoms with Gasteiger partial charge in [-0.05, 0) is 63.7 Å². The van der Waals surface area contributed by atoms with Gasteiger partial charge in [-0.3, -0.25) is 14.4 Å². The van der Waals surface area contributed by atoms with Crippen LogP contribution < -0.4 is 14.2 Å². The van der Waals surface area contributed by atoms with Crippen LogP contribution in [0.4, 0.5) is 5.69 Å². The first kappa shape index (κ1) is 30.4. The topological polar surface area (TPSA) is 134 Å². The summed E-state index contributed by atoms with van der Waals surface area (Å²) in [6.45, 7) is 8.27. The summed E-state index contributed by atoms with van der Waals surface area (Å²) in [5.41, 5.74) is 1.75. The summed E-state index contributed by atoms with van der Waals surface area (Å²) in [6, 6.07) is 12.1. The van der Waals surface area contributed by atoms with Gasteiger partial charge < -0.3 is 24.0 Å². The van der Waals surface area contributed by atoms with Gasteiger partial charge in [-0.2, -0.15) is 0 Å². The van der Waals surface area contributed by atoms with E-state index in [4.69, 9.17) is 14.0 Å². The average Bonchev–Trinajstić information content (AvgIpc) is 3.29. The third-order valence-electron chi connectivity index (χ3n) is 7.26. The zero-order chi connectivity index (χ0) is 29.9. The summed E-state index contributed by atoms with van der Waals surface area (Å²) in [5.74, 6) is 0.897. The van der Waals surface area contributed by atoms with E-state index in [9.17, 15) is 18.3 Å². The van der Waals surface area contributed by atoms with Crippen molar-refractivity contribution in [3.63, 3.8) is 0 Å². The van der Waals surface area contributed by atoms with E-state index in [0.717, 1.165) is 11.3 Å². The Labute approximate surface area is 241 Å². The van der Waals surface area contributed by atoms with Gasteiger partial charge in [0.1, 0.15) is 23.3 Å². The standard InChI is InChI=1S/C29H38N4O7S/c1-18-14-33(19(2)17-34)29(35)25-13-23(31-41(36,37)28-20(3)30-40-21(28)4)9-12-26(25)39-27(18)16-32(5)15-22-7-10-24(38-6)11-8-22/h7-13,18-19,27,31,34H,14-17H2,1-6H3/t18-,19-,27+/m0/s1. The molecule has 0 unspecified atom stereocenters. The Kier molecular flexibility index (Phi) is 9.25. The highest BCUT2D eigenvalue weighted by molar-refractivity contribution is 7.92. The molecule has 0 spiro atoms. The number of anilines is 1. The lowest BCUT2D eigenvalue weighted by Gasteiger charge is -2.38. The maximum absolute atomic E-state index is 13.7. The largest absolute Gasteiger partial charge is 0.497 e. The fourth-order valence-corrected chi connectivity index (χ4v) is 6.36. The predicted octanol–water partition coefficient (Wildman–Crippen LogP) is 3.45. The second kappa shape index (κ2) is 12.5. The number of aryl methyl sites for hydroxylation is 2. The van der Waals surface area contributed by atoms with Crippen LogP contribution in [0.3, 0.4) is 0 Å². The lowest BCUT2D eigenvalue weighted by Crippen LogP contribution is -2.49. The summed E-state index contributed by atoms with van der Waals surface area (Å²) >= 11 is 0. The Morgan fingerprint density at radius 3 is 2.54 bits per heavy atom. The summed E-state index contributed by atoms with van der Waals surface area (Å²) in [5, 5.41) is 13.7. The van der Waals surface area contributed by atoms with E-state index in [1.807, 2.05) is 38.2 Å². The van der Waals surface area contributed by atoms with Gasteiger partial charge >= 0.3 is 0 Å². The molecule has 0 radical (unpaired) electrons. The number of nitrogens with one attached hydrogen (secondary N) is 1. The first-order valence-corrected chi connectivity index (χ1v) is 14.9. The van der Waals surface area contributed by atoms with E-state index in [1.165, 1.54) is 13.0 Å². The fraction of sp³-hybridized carbons (Fsp3) is 0.448. The highest BCUT2D eigenvalue weighted by atomic mass is 32.2. The third kappa shape index (κ3) is 6.83. The molecule has 0 saturated heterocycles. The van der Waals surface area contributed by atoms with Crippen LogP contribution in [-0.4, -0.2) is 80.4 Å². The van der Waals surface area contributed by atoms with Crippen LogP contribution in [-0.2, 0) is 16.6 Å². The van der Waals surface area contributed by atoms with Crippen molar-refractivity contribution in [2.75, 3.05) is 38.6 Å². The number of aliphatic hydroxyl groups is 1. The molecule has 0 saturated carbocycles. The fourth-order valence-electron chi connectivity index (χ4n) is 4.98. The second-order valence-corrected chi connectivity index (χ2v) is 12.3. The molecule has 1 aliphatic rings. The van der Waals surface area contributed by atoms with Crippen molar-refractivity contribution in [2.24, 2.45) is 5.92 Å². The maximum atomic E-state index is 13.7. The number of carbonyl (C=O) groups excluding carboxylic acids is 1. The summed E-state index contributed by atoms with van der Waals surface area (Å²) in [6.07, 6.45) is -0.289. The van der Waals surface area contributed by atoms with E-state index in [0.29, 0.717) is 25.4 Å². The number of ether oxygens (including phenoxy) is 2. The first-order valence-electron chi connectivity index (χ1n) is 13.4. The van der Waals surface area contributed by atoms with Gasteiger partial charge in [-0.15, -0.1) is 0 Å². The normalized spacial score (nSPS) is 18.3. The number of nitrogens with zero attached hydrogens (tertiary/aromatic N) is 3. The number of carbonyl (C=O) groups is 1. The second-order valence-electron chi connectivity index (χ2n) is 10.6. The smallest absolute Gasteiger partial charge is 0.267 e. The molecule has 3 atom stereocenters. The van der Waals surface area contributed by atoms with Crippen LogP contribution in [0.1, 0.15) is 41.2 Å². The molecule has 2 N–H and O–H groups in total. The number of sulfonamides is 1. The number of hydrogen-bond acceptors (Lipinski definition) is 9. The maximum Gasteiger partial charge on any atom is 0.267 e. The number of amides is 1. The Morgan fingerprint density at radius 1 is 1.22 bits per heavy atom. The van der Waals surface area contributed by atoms with Crippen LogP contribution >= 0.6 is 0 Å². The van der Waals surface area contributed by atoms with Crippen molar-refractivity contribution in [1.82, 2.24) is 15.0 Å². The van der Waals surface area contributed by atoms with Crippen LogP contribution in [0, 0.1) is 19.8 Å². The molecule has 222 valence electrons. The van der Waals surface area contributed by atoms with Gasteiger partial charge in [0.05, 0.1) is 25.3 Å². The highest BCUT2D eigenvalue weighted by Gasteiger charge is 2.34. The van der Waals surface area contributed by atoms with Gasteiger partial charge in [0, 0.05) is 31.2 Å². The third-order valence-corrected chi connectivity index (χ3v) is 8.88. The van der Waals surface area contributed by atoms with E-state index in [-0.39, 0.29) is 52.1 Å². The molecule has 12 heteroatoms. The van der Waals surface area contributed by atoms with Crippen molar-refractivity contribution >= 4 is 21.6 Å². The number of fused-ring (bicyclic) bond motifs is 1. The average molecular weight is 587 g/mol. The zero-order valence-electron chi connectivity index (χ0n) is 24.2. The number of methoxy groups -OCH3 is 1. The molecule has 2 aromatic carbocycles. The van der Waals surface area contributed by atoms with Crippen LogP contribution in [0.25, 0.3) is 0 Å². The molecule has 0 aliphatic carbocycles. The van der Waals surface area contributed by atoms with Crippen LogP contribution in [0.15, 0.2) is 51.9 Å². The van der Waals surface area contributed by atoms with Crippen LogP contribution in [0.2, 0.25) is 0 Å². The molecule has 3 aromatic rings. The molecule has 1 aliphatic heterocycles. The minimum Gasteiger partial charge on any atom is -0.497 e. The molecule has 11 nitrogen and oxygen atoms in total. The quantitative estimate of drug-likeness (QED) is 0.366. The molecular formula is C29H38N4O7S. The van der Waals surface area contributed by atoms with E-state index < -0.39 is 16.1 Å².